The van der Waals surface area contributed by atoms with Gasteiger partial charge >= 0.3 is 5.69 Å². The van der Waals surface area contributed by atoms with Gasteiger partial charge in [0.15, 0.2) is 5.75 Å². The minimum atomic E-state index is -1.42. The second-order valence-electron chi connectivity index (χ2n) is 5.21. The molecule has 0 atom stereocenters. The number of nitro benzene ring substituents is 1. The summed E-state index contributed by atoms with van der Waals surface area (Å²) in [5.74, 6) is -1.53. The number of nitrogens with zero attached hydrogens (tertiary/aromatic N) is 1. The van der Waals surface area contributed by atoms with Crippen LogP contribution in [0.5, 0.6) is 5.75 Å². The number of ether oxygens (including phenoxy) is 1. The average Bonchev–Trinajstić information content (AvgIpc) is 2.47. The maximum absolute atomic E-state index is 11.1. The summed E-state index contributed by atoms with van der Waals surface area (Å²) >= 11 is 0. The molecule has 0 saturated heterocycles. The minimum absolute atomic E-state index is 0.111. The van der Waals surface area contributed by atoms with Gasteiger partial charge in [-0.1, -0.05) is 30.3 Å². The molecule has 0 aliphatic heterocycles. The summed E-state index contributed by atoms with van der Waals surface area (Å²) in [6.45, 7) is 3.50. The van der Waals surface area contributed by atoms with Gasteiger partial charge in [-0.05, 0) is 31.5 Å². The number of nitro groups is 1. The van der Waals surface area contributed by atoms with E-state index in [4.69, 9.17) is 4.74 Å². The number of hydrogen-bond acceptors (Lipinski definition) is 5. The van der Waals surface area contributed by atoms with E-state index in [0.717, 1.165) is 23.8 Å². The van der Waals surface area contributed by atoms with Crippen molar-refractivity contribution in [3.05, 3.63) is 69.8 Å². The van der Waals surface area contributed by atoms with Gasteiger partial charge in [0.05, 0.1) is 10.9 Å². The monoisotopic (exact) mass is 300 g/mol. The number of carbonyl (C=O) groups is 1. The van der Waals surface area contributed by atoms with E-state index in [1.807, 2.05) is 30.3 Å². The normalized spacial score (nSPS) is 11.0. The van der Waals surface area contributed by atoms with Crippen LogP contribution in [0.25, 0.3) is 0 Å². The van der Waals surface area contributed by atoms with Crippen molar-refractivity contribution in [3.63, 3.8) is 0 Å². The molecule has 0 unspecified atom stereocenters. The van der Waals surface area contributed by atoms with Gasteiger partial charge in [-0.2, -0.15) is 0 Å². The highest BCUT2D eigenvalue weighted by atomic mass is 16.6. The molecule has 0 spiro atoms. The number of aromatic carboxylic acids is 1. The largest absolute Gasteiger partial charge is 0.545 e. The zero-order valence-corrected chi connectivity index (χ0v) is 12.1. The number of carboxylic acids is 1. The van der Waals surface area contributed by atoms with Crippen molar-refractivity contribution in [1.29, 1.82) is 0 Å². The number of rotatable bonds is 5. The summed E-state index contributed by atoms with van der Waals surface area (Å²) < 4.78 is 5.74. The van der Waals surface area contributed by atoms with E-state index in [1.54, 1.807) is 13.8 Å². The Labute approximate surface area is 127 Å². The summed E-state index contributed by atoms with van der Waals surface area (Å²) in [5, 5.41) is 22.0. The van der Waals surface area contributed by atoms with E-state index in [-0.39, 0.29) is 17.0 Å². The molecule has 2 aromatic carbocycles. The van der Waals surface area contributed by atoms with Crippen LogP contribution in [-0.4, -0.2) is 10.9 Å². The first kappa shape index (κ1) is 15.5. The van der Waals surface area contributed by atoms with Crippen LogP contribution >= 0.6 is 0 Å². The average molecular weight is 300 g/mol. The first-order valence-corrected chi connectivity index (χ1v) is 6.55. The fourth-order valence-corrected chi connectivity index (χ4v) is 2.05. The topological polar surface area (TPSA) is 92.5 Å². The van der Waals surface area contributed by atoms with E-state index in [2.05, 4.69) is 0 Å². The van der Waals surface area contributed by atoms with Crippen LogP contribution in [0, 0.1) is 10.1 Å². The van der Waals surface area contributed by atoms with Gasteiger partial charge in [0.1, 0.15) is 5.60 Å². The molecule has 0 amide bonds. The second-order valence-corrected chi connectivity index (χ2v) is 5.21. The third kappa shape index (κ3) is 3.22. The molecule has 0 aromatic heterocycles. The van der Waals surface area contributed by atoms with Crippen LogP contribution in [0.15, 0.2) is 48.5 Å². The van der Waals surface area contributed by atoms with Crippen LogP contribution in [0.4, 0.5) is 5.69 Å². The zero-order valence-electron chi connectivity index (χ0n) is 12.1. The molecular formula is C16H14NO5-. The Morgan fingerprint density at radius 3 is 2.32 bits per heavy atom. The van der Waals surface area contributed by atoms with Crippen molar-refractivity contribution in [2.24, 2.45) is 0 Å². The molecule has 2 aromatic rings. The highest BCUT2D eigenvalue weighted by Gasteiger charge is 2.27. The molecule has 0 aliphatic rings. The minimum Gasteiger partial charge on any atom is -0.545 e. The van der Waals surface area contributed by atoms with E-state index in [9.17, 15) is 20.0 Å². The smallest absolute Gasteiger partial charge is 0.311 e. The lowest BCUT2D eigenvalue weighted by Gasteiger charge is -2.27. The first-order valence-electron chi connectivity index (χ1n) is 6.55. The van der Waals surface area contributed by atoms with Gasteiger partial charge in [-0.25, -0.2) is 0 Å². The Bertz CT molecular complexity index is 710. The quantitative estimate of drug-likeness (QED) is 0.624. The van der Waals surface area contributed by atoms with Crippen molar-refractivity contribution in [1.82, 2.24) is 0 Å². The number of hydrogen-bond donors (Lipinski definition) is 0. The molecule has 6 nitrogen and oxygen atoms in total. The highest BCUT2D eigenvalue weighted by Crippen LogP contribution is 2.34. The molecule has 0 fully saturated rings. The van der Waals surface area contributed by atoms with Crippen molar-refractivity contribution in [3.8, 4) is 5.75 Å². The predicted molar refractivity (Wildman–Crippen MR) is 77.5 cm³/mol. The van der Waals surface area contributed by atoms with Crippen LogP contribution in [0.2, 0.25) is 0 Å². The maximum Gasteiger partial charge on any atom is 0.311 e. The number of carbonyl (C=O) groups excluding carboxylic acids is 1. The summed E-state index contributed by atoms with van der Waals surface area (Å²) in [5.41, 5.74) is -0.530. The maximum atomic E-state index is 11.1. The predicted octanol–water partition coefficient (Wildman–Crippen LogP) is 2.27. The Kier molecular flexibility index (Phi) is 4.12. The van der Waals surface area contributed by atoms with E-state index < -0.39 is 16.5 Å². The van der Waals surface area contributed by atoms with Gasteiger partial charge in [0.25, 0.3) is 0 Å². The van der Waals surface area contributed by atoms with Gasteiger partial charge in [-0.3, -0.25) is 10.1 Å². The zero-order chi connectivity index (χ0) is 16.3. The van der Waals surface area contributed by atoms with Crippen LogP contribution < -0.4 is 9.84 Å². The summed E-state index contributed by atoms with van der Waals surface area (Å²) in [6.07, 6.45) is 0. The lowest BCUT2D eigenvalue weighted by Crippen LogP contribution is -2.26. The summed E-state index contributed by atoms with van der Waals surface area (Å²) in [6, 6.07) is 12.5. The molecular weight excluding hydrogens is 286 g/mol. The Hall–Kier alpha value is -2.89. The molecule has 0 radical (unpaired) electrons. The SMILES string of the molecule is CC(C)(Oc1cc(C(=O)[O-])ccc1[N+](=O)[O-])c1ccccc1. The Morgan fingerprint density at radius 1 is 1.14 bits per heavy atom. The third-order valence-electron chi connectivity index (χ3n) is 3.23. The van der Waals surface area contributed by atoms with Crippen molar-refractivity contribution in [2.75, 3.05) is 0 Å². The lowest BCUT2D eigenvalue weighted by molar-refractivity contribution is -0.386. The van der Waals surface area contributed by atoms with E-state index in [1.165, 1.54) is 0 Å². The molecule has 0 heterocycles. The second kappa shape index (κ2) is 5.85. The van der Waals surface area contributed by atoms with Gasteiger partial charge in [-0.15, -0.1) is 0 Å². The van der Waals surface area contributed by atoms with Crippen LogP contribution in [-0.2, 0) is 5.60 Å². The van der Waals surface area contributed by atoms with E-state index >= 15 is 0 Å². The fraction of sp³-hybridized carbons (Fsp3) is 0.188. The Morgan fingerprint density at radius 2 is 1.77 bits per heavy atom. The summed E-state index contributed by atoms with van der Waals surface area (Å²) in [7, 11) is 0. The molecule has 22 heavy (non-hydrogen) atoms. The fourth-order valence-electron chi connectivity index (χ4n) is 2.05. The molecule has 114 valence electrons. The van der Waals surface area contributed by atoms with Gasteiger partial charge < -0.3 is 14.6 Å². The lowest BCUT2D eigenvalue weighted by atomic mass is 9.98. The van der Waals surface area contributed by atoms with E-state index in [0.29, 0.717) is 0 Å². The molecule has 0 N–H and O–H groups in total. The van der Waals surface area contributed by atoms with Gasteiger partial charge in [0, 0.05) is 11.6 Å². The molecule has 2 rings (SSSR count). The third-order valence-corrected chi connectivity index (χ3v) is 3.23. The van der Waals surface area contributed by atoms with Crippen molar-refractivity contribution < 1.29 is 19.6 Å². The summed E-state index contributed by atoms with van der Waals surface area (Å²) in [4.78, 5) is 21.4. The first-order chi connectivity index (χ1) is 10.3. The molecule has 0 saturated carbocycles. The molecule has 0 bridgehead atoms. The molecule has 0 aliphatic carbocycles. The van der Waals surface area contributed by atoms with Crippen molar-refractivity contribution >= 4 is 11.7 Å². The van der Waals surface area contributed by atoms with Crippen LogP contribution in [0.3, 0.4) is 0 Å². The van der Waals surface area contributed by atoms with Crippen molar-refractivity contribution in [2.45, 2.75) is 19.4 Å². The van der Waals surface area contributed by atoms with Crippen LogP contribution in [0.1, 0.15) is 29.8 Å². The standard InChI is InChI=1S/C16H15NO5/c1-16(2,12-6-4-3-5-7-12)22-14-10-11(15(18)19)8-9-13(14)17(20)21/h3-10H,1-2H3,(H,18,19)/p-1. The van der Waals surface area contributed by atoms with Gasteiger partial charge in [0.2, 0.25) is 0 Å². The number of carboxylic acid groups (broad SMARTS) is 1. The Balaban J connectivity index is 2.45. The highest BCUT2D eigenvalue weighted by molar-refractivity contribution is 5.87. The number of benzene rings is 2. The molecule has 6 heteroatoms.